The molecule has 5 heteroatoms. The molecule has 0 radical (unpaired) electrons. The van der Waals surface area contributed by atoms with Crippen molar-refractivity contribution in [3.63, 3.8) is 0 Å². The van der Waals surface area contributed by atoms with Crippen molar-refractivity contribution in [3.8, 4) is 0 Å². The average molecular weight is 525 g/mol. The normalized spacial score (nSPS) is 24.3. The lowest BCUT2D eigenvalue weighted by Gasteiger charge is -2.41. The van der Waals surface area contributed by atoms with Crippen LogP contribution in [-0.2, 0) is 13.9 Å². The number of benzene rings is 2. The summed E-state index contributed by atoms with van der Waals surface area (Å²) < 4.78 is 19.7. The van der Waals surface area contributed by atoms with Crippen LogP contribution in [0, 0.1) is 0 Å². The van der Waals surface area contributed by atoms with Gasteiger partial charge in [-0.25, -0.2) is 0 Å². The number of alkyl halides is 1. The fourth-order valence-electron chi connectivity index (χ4n) is 3.20. The van der Waals surface area contributed by atoms with Crippen molar-refractivity contribution in [2.24, 2.45) is 0 Å². The fourth-order valence-corrected chi connectivity index (χ4v) is 5.12. The van der Waals surface area contributed by atoms with Crippen LogP contribution in [0.5, 0.6) is 0 Å². The number of rotatable bonds is 6. The molecule has 0 amide bonds. The summed E-state index contributed by atoms with van der Waals surface area (Å²) in [5, 5.41) is 0.207. The molecule has 0 unspecified atom stereocenters. The molecule has 158 valence electrons. The maximum atomic E-state index is 6.66. The molecule has 29 heavy (non-hydrogen) atoms. The van der Waals surface area contributed by atoms with Gasteiger partial charge in [-0.2, -0.15) is 0 Å². The van der Waals surface area contributed by atoms with Gasteiger partial charge in [0, 0.05) is 6.61 Å². The molecule has 0 N–H and O–H groups in total. The van der Waals surface area contributed by atoms with Crippen molar-refractivity contribution in [2.45, 2.75) is 61.1 Å². The zero-order chi connectivity index (χ0) is 21.1. The Morgan fingerprint density at radius 2 is 1.48 bits per heavy atom. The van der Waals surface area contributed by atoms with Gasteiger partial charge in [0.2, 0.25) is 0 Å². The Bertz CT molecular complexity index is 761. The lowest BCUT2D eigenvalue weighted by Crippen LogP contribution is -2.45. The Kier molecular flexibility index (Phi) is 7.59. The number of ether oxygens (including phenoxy) is 2. The molecular formula is C24H33IO3Si. The first-order valence-electron chi connectivity index (χ1n) is 10.3. The zero-order valence-electron chi connectivity index (χ0n) is 18.1. The molecule has 0 saturated carbocycles. The molecule has 0 bridgehead atoms. The van der Waals surface area contributed by atoms with Crippen molar-refractivity contribution < 1.29 is 13.9 Å². The third-order valence-electron chi connectivity index (χ3n) is 6.11. The predicted octanol–water partition coefficient (Wildman–Crippen LogP) is 6.71. The highest BCUT2D eigenvalue weighted by Gasteiger charge is 2.40. The molecule has 1 heterocycles. The SMILES string of the molecule is CC(C)(C)[Si](C)(C)OC[C@H](I)[C@@H]1CO[C@@H](c2ccccc2)[C@H](c2ccccc2)O1. The van der Waals surface area contributed by atoms with Gasteiger partial charge >= 0.3 is 0 Å². The summed E-state index contributed by atoms with van der Waals surface area (Å²) in [6.45, 7) is 12.7. The summed E-state index contributed by atoms with van der Waals surface area (Å²) >= 11 is 2.47. The van der Waals surface area contributed by atoms with Gasteiger partial charge in [0.25, 0.3) is 0 Å². The van der Waals surface area contributed by atoms with E-state index >= 15 is 0 Å². The highest BCUT2D eigenvalue weighted by molar-refractivity contribution is 14.1. The quantitative estimate of drug-likeness (QED) is 0.239. The van der Waals surface area contributed by atoms with Gasteiger partial charge in [-0.05, 0) is 29.3 Å². The molecule has 2 aromatic rings. The van der Waals surface area contributed by atoms with E-state index in [0.29, 0.717) is 13.2 Å². The van der Waals surface area contributed by atoms with Crippen molar-refractivity contribution >= 4 is 30.9 Å². The first-order valence-corrected chi connectivity index (χ1v) is 14.5. The second kappa shape index (κ2) is 9.60. The number of halogens is 1. The van der Waals surface area contributed by atoms with E-state index in [9.17, 15) is 0 Å². The second-order valence-electron chi connectivity index (χ2n) is 9.26. The van der Waals surface area contributed by atoms with Crippen LogP contribution in [0.15, 0.2) is 60.7 Å². The van der Waals surface area contributed by atoms with E-state index in [-0.39, 0.29) is 27.3 Å². The van der Waals surface area contributed by atoms with E-state index in [2.05, 4.69) is 105 Å². The summed E-state index contributed by atoms with van der Waals surface area (Å²) in [5.41, 5.74) is 2.31. The minimum atomic E-state index is -1.78. The van der Waals surface area contributed by atoms with Gasteiger partial charge in [-0.3, -0.25) is 0 Å². The molecule has 3 nitrogen and oxygen atoms in total. The van der Waals surface area contributed by atoms with E-state index < -0.39 is 8.32 Å². The maximum absolute atomic E-state index is 6.66. The van der Waals surface area contributed by atoms with Gasteiger partial charge in [0.15, 0.2) is 8.32 Å². The summed E-state index contributed by atoms with van der Waals surface area (Å²) in [6.07, 6.45) is -0.215. The molecule has 2 aromatic carbocycles. The van der Waals surface area contributed by atoms with E-state index in [0.717, 1.165) is 11.1 Å². The Morgan fingerprint density at radius 1 is 0.966 bits per heavy atom. The van der Waals surface area contributed by atoms with Crippen LogP contribution in [0.2, 0.25) is 18.1 Å². The molecule has 3 rings (SSSR count). The van der Waals surface area contributed by atoms with E-state index in [1.165, 1.54) is 0 Å². The van der Waals surface area contributed by atoms with Crippen LogP contribution in [0.1, 0.15) is 44.1 Å². The summed E-state index contributed by atoms with van der Waals surface area (Å²) in [7, 11) is -1.78. The standard InChI is InChI=1S/C24H33IO3Si/c1-24(2,3)29(4,5)27-16-20(25)21-17-26-22(18-12-8-6-9-13-18)23(28-21)19-14-10-7-11-15-19/h6-15,20-23H,16-17H2,1-5H3/t20-,21-,22-,23-/m0/s1. The number of hydrogen-bond acceptors (Lipinski definition) is 3. The molecule has 0 spiro atoms. The van der Waals surface area contributed by atoms with E-state index in [1.807, 2.05) is 12.1 Å². The molecule has 0 aromatic heterocycles. The van der Waals surface area contributed by atoms with Crippen LogP contribution in [0.4, 0.5) is 0 Å². The lowest BCUT2D eigenvalue weighted by atomic mass is 9.96. The van der Waals surface area contributed by atoms with E-state index in [1.54, 1.807) is 0 Å². The minimum absolute atomic E-state index is 0.00513. The second-order valence-corrected chi connectivity index (χ2v) is 15.7. The monoisotopic (exact) mass is 524 g/mol. The predicted molar refractivity (Wildman–Crippen MR) is 130 cm³/mol. The smallest absolute Gasteiger partial charge is 0.192 e. The van der Waals surface area contributed by atoms with Gasteiger partial charge < -0.3 is 13.9 Å². The van der Waals surface area contributed by atoms with Crippen molar-refractivity contribution in [3.05, 3.63) is 71.8 Å². The van der Waals surface area contributed by atoms with Crippen LogP contribution in [0.25, 0.3) is 0 Å². The van der Waals surface area contributed by atoms with Crippen molar-refractivity contribution in [1.82, 2.24) is 0 Å². The van der Waals surface area contributed by atoms with Gasteiger partial charge in [0.05, 0.1) is 16.6 Å². The van der Waals surface area contributed by atoms with Crippen LogP contribution in [0.3, 0.4) is 0 Å². The number of hydrogen-bond donors (Lipinski definition) is 0. The molecule has 0 aliphatic carbocycles. The minimum Gasteiger partial charge on any atom is -0.416 e. The Balaban J connectivity index is 1.73. The molecule has 1 saturated heterocycles. The highest BCUT2D eigenvalue weighted by atomic mass is 127. The molecule has 1 aliphatic rings. The molecule has 1 aliphatic heterocycles. The maximum Gasteiger partial charge on any atom is 0.192 e. The highest BCUT2D eigenvalue weighted by Crippen LogP contribution is 2.41. The third kappa shape index (κ3) is 5.70. The van der Waals surface area contributed by atoms with Crippen LogP contribution < -0.4 is 0 Å². The summed E-state index contributed by atoms with van der Waals surface area (Å²) in [4.78, 5) is 0. The van der Waals surface area contributed by atoms with Gasteiger partial charge in [-0.15, -0.1) is 0 Å². The van der Waals surface area contributed by atoms with E-state index in [4.69, 9.17) is 13.9 Å². The average Bonchev–Trinajstić information content (AvgIpc) is 2.72. The lowest BCUT2D eigenvalue weighted by molar-refractivity contribution is -0.186. The largest absolute Gasteiger partial charge is 0.416 e. The summed E-state index contributed by atoms with van der Waals surface area (Å²) in [6, 6.07) is 20.8. The molecule has 1 fully saturated rings. The topological polar surface area (TPSA) is 27.7 Å². The van der Waals surface area contributed by atoms with Crippen LogP contribution >= 0.6 is 22.6 Å². The first-order chi connectivity index (χ1) is 13.7. The Morgan fingerprint density at radius 3 is 2.00 bits per heavy atom. The fraction of sp³-hybridized carbons (Fsp3) is 0.500. The Labute approximate surface area is 190 Å². The van der Waals surface area contributed by atoms with Gasteiger partial charge in [0.1, 0.15) is 12.2 Å². The third-order valence-corrected chi connectivity index (χ3v) is 11.8. The molecule has 4 atom stereocenters. The van der Waals surface area contributed by atoms with Crippen molar-refractivity contribution in [1.29, 1.82) is 0 Å². The summed E-state index contributed by atoms with van der Waals surface area (Å²) in [5.74, 6) is 0. The Hall–Kier alpha value is -0.733. The van der Waals surface area contributed by atoms with Crippen LogP contribution in [-0.4, -0.2) is 31.6 Å². The zero-order valence-corrected chi connectivity index (χ0v) is 21.3. The molecular weight excluding hydrogens is 491 g/mol. The van der Waals surface area contributed by atoms with Gasteiger partial charge in [-0.1, -0.05) is 104 Å². The first kappa shape index (κ1) is 22.9. The van der Waals surface area contributed by atoms with Crippen molar-refractivity contribution in [2.75, 3.05) is 13.2 Å².